The van der Waals surface area contributed by atoms with E-state index in [2.05, 4.69) is 5.32 Å². The van der Waals surface area contributed by atoms with Gasteiger partial charge >= 0.3 is 0 Å². The molecular formula is C14H23NO3S2. The second-order valence-electron chi connectivity index (χ2n) is 5.46. The van der Waals surface area contributed by atoms with Gasteiger partial charge in [0.05, 0.1) is 11.9 Å². The number of hydrogen-bond acceptors (Lipinski definition) is 5. The molecule has 114 valence electrons. The Bertz CT molecular complexity index is 477. The van der Waals surface area contributed by atoms with Crippen LogP contribution in [0.2, 0.25) is 0 Å². The molecule has 0 saturated heterocycles. The van der Waals surface area contributed by atoms with Crippen LogP contribution in [0, 0.1) is 0 Å². The third kappa shape index (κ3) is 4.84. The van der Waals surface area contributed by atoms with Gasteiger partial charge in [-0.05, 0) is 24.3 Å². The van der Waals surface area contributed by atoms with Crippen molar-refractivity contribution in [3.05, 3.63) is 17.5 Å². The number of nitrogens with one attached hydrogen (secondary N) is 1. The minimum atomic E-state index is -3.35. The molecule has 6 heteroatoms. The minimum absolute atomic E-state index is 0.201. The van der Waals surface area contributed by atoms with Gasteiger partial charge in [-0.2, -0.15) is 0 Å². The molecule has 1 atom stereocenters. The van der Waals surface area contributed by atoms with Gasteiger partial charge < -0.3 is 10.4 Å². The van der Waals surface area contributed by atoms with E-state index in [1.165, 1.54) is 37.0 Å². The van der Waals surface area contributed by atoms with E-state index >= 15 is 0 Å². The lowest BCUT2D eigenvalue weighted by atomic mass is 10.1. The first-order chi connectivity index (χ1) is 9.58. The molecule has 0 aliphatic heterocycles. The number of sulfone groups is 1. The monoisotopic (exact) mass is 317 g/mol. The van der Waals surface area contributed by atoms with Gasteiger partial charge in [0.2, 0.25) is 0 Å². The zero-order valence-corrected chi connectivity index (χ0v) is 13.3. The average molecular weight is 317 g/mol. The van der Waals surface area contributed by atoms with Crippen molar-refractivity contribution in [3.63, 3.8) is 0 Å². The van der Waals surface area contributed by atoms with Crippen LogP contribution in [0.15, 0.2) is 21.7 Å². The third-order valence-corrected chi connectivity index (χ3v) is 7.00. The summed E-state index contributed by atoms with van der Waals surface area (Å²) in [6.07, 6.45) is 6.43. The fourth-order valence-corrected chi connectivity index (χ4v) is 5.10. The third-order valence-electron chi connectivity index (χ3n) is 3.71. The Morgan fingerprint density at radius 1 is 1.30 bits per heavy atom. The van der Waals surface area contributed by atoms with E-state index in [0.29, 0.717) is 16.8 Å². The molecule has 1 saturated carbocycles. The van der Waals surface area contributed by atoms with E-state index in [-0.39, 0.29) is 5.75 Å². The van der Waals surface area contributed by atoms with Crippen LogP contribution in [0.3, 0.4) is 0 Å². The van der Waals surface area contributed by atoms with Crippen molar-refractivity contribution in [1.29, 1.82) is 0 Å². The van der Waals surface area contributed by atoms with Crippen molar-refractivity contribution in [1.82, 2.24) is 5.32 Å². The maximum absolute atomic E-state index is 12.0. The second-order valence-corrected chi connectivity index (χ2v) is 8.67. The molecule has 0 aromatic carbocycles. The van der Waals surface area contributed by atoms with E-state index in [4.69, 9.17) is 0 Å². The van der Waals surface area contributed by atoms with Gasteiger partial charge in [0.1, 0.15) is 4.21 Å². The summed E-state index contributed by atoms with van der Waals surface area (Å²) in [5.41, 5.74) is 0. The lowest BCUT2D eigenvalue weighted by molar-refractivity contribution is 0.186. The van der Waals surface area contributed by atoms with Gasteiger partial charge in [-0.15, -0.1) is 11.3 Å². The van der Waals surface area contributed by atoms with Crippen molar-refractivity contribution < 1.29 is 13.5 Å². The maximum Gasteiger partial charge on any atom is 0.190 e. The van der Waals surface area contributed by atoms with Crippen molar-refractivity contribution >= 4 is 21.2 Å². The molecule has 1 aromatic rings. The standard InChI is InChI=1S/C14H23NO3S2/c16-13(10-15-12-6-3-1-2-4-7-12)11-20(17,18)14-8-5-9-19-14/h5,8-9,12-13,15-16H,1-4,6-7,10-11H2. The van der Waals surface area contributed by atoms with Crippen molar-refractivity contribution in [2.75, 3.05) is 12.3 Å². The summed E-state index contributed by atoms with van der Waals surface area (Å²) >= 11 is 1.20. The summed E-state index contributed by atoms with van der Waals surface area (Å²) < 4.78 is 24.4. The molecule has 4 nitrogen and oxygen atoms in total. The van der Waals surface area contributed by atoms with E-state index < -0.39 is 15.9 Å². The lowest BCUT2D eigenvalue weighted by Gasteiger charge is -2.18. The van der Waals surface area contributed by atoms with Crippen LogP contribution in [0.4, 0.5) is 0 Å². The van der Waals surface area contributed by atoms with E-state index in [1.807, 2.05) is 0 Å². The number of hydrogen-bond donors (Lipinski definition) is 2. The molecule has 2 rings (SSSR count). The highest BCUT2D eigenvalue weighted by molar-refractivity contribution is 7.93. The highest BCUT2D eigenvalue weighted by atomic mass is 32.2. The summed E-state index contributed by atoms with van der Waals surface area (Å²) in [6, 6.07) is 3.73. The zero-order valence-electron chi connectivity index (χ0n) is 11.6. The molecule has 1 aromatic heterocycles. The zero-order chi connectivity index (χ0) is 14.4. The Morgan fingerprint density at radius 3 is 2.60 bits per heavy atom. The van der Waals surface area contributed by atoms with Crippen LogP contribution in [0.1, 0.15) is 38.5 Å². The predicted octanol–water partition coefficient (Wildman–Crippen LogP) is 2.20. The molecule has 2 N–H and O–H groups in total. The molecule has 0 amide bonds. The quantitative estimate of drug-likeness (QED) is 0.789. The maximum atomic E-state index is 12.0. The van der Waals surface area contributed by atoms with E-state index in [1.54, 1.807) is 17.5 Å². The summed E-state index contributed by atoms with van der Waals surface area (Å²) in [7, 11) is -3.35. The summed E-state index contributed by atoms with van der Waals surface area (Å²) in [6.45, 7) is 0.356. The molecule has 0 spiro atoms. The Kier molecular flexibility index (Phi) is 6.01. The van der Waals surface area contributed by atoms with Gasteiger partial charge in [0.15, 0.2) is 9.84 Å². The minimum Gasteiger partial charge on any atom is -0.391 e. The SMILES string of the molecule is O=S(=O)(CC(O)CNC1CCCCCC1)c1cccs1. The van der Waals surface area contributed by atoms with Crippen LogP contribution >= 0.6 is 11.3 Å². The van der Waals surface area contributed by atoms with Crippen LogP contribution in [-0.4, -0.2) is 38.0 Å². The van der Waals surface area contributed by atoms with E-state index in [0.717, 1.165) is 12.8 Å². The van der Waals surface area contributed by atoms with Crippen LogP contribution in [-0.2, 0) is 9.84 Å². The summed E-state index contributed by atoms with van der Waals surface area (Å²) in [5.74, 6) is -0.201. The molecule has 0 radical (unpaired) electrons. The lowest BCUT2D eigenvalue weighted by Crippen LogP contribution is -2.38. The first kappa shape index (κ1) is 15.9. The molecule has 1 unspecified atom stereocenters. The van der Waals surface area contributed by atoms with Gasteiger partial charge in [-0.25, -0.2) is 8.42 Å². The Labute approximate surface area is 125 Å². The number of aliphatic hydroxyl groups is 1. The fourth-order valence-electron chi connectivity index (χ4n) is 2.62. The highest BCUT2D eigenvalue weighted by Gasteiger charge is 2.21. The smallest absolute Gasteiger partial charge is 0.190 e. The Balaban J connectivity index is 1.79. The fraction of sp³-hybridized carbons (Fsp3) is 0.714. The van der Waals surface area contributed by atoms with Crippen molar-refractivity contribution in [2.24, 2.45) is 0 Å². The molecule has 1 aliphatic carbocycles. The summed E-state index contributed by atoms with van der Waals surface area (Å²) in [4.78, 5) is 0. The van der Waals surface area contributed by atoms with Crippen LogP contribution in [0.25, 0.3) is 0 Å². The molecule has 20 heavy (non-hydrogen) atoms. The number of thiophene rings is 1. The highest BCUT2D eigenvalue weighted by Crippen LogP contribution is 2.19. The normalized spacial score (nSPS) is 19.6. The van der Waals surface area contributed by atoms with Crippen molar-refractivity contribution in [2.45, 2.75) is 54.9 Å². The van der Waals surface area contributed by atoms with Crippen molar-refractivity contribution in [3.8, 4) is 0 Å². The molecule has 1 heterocycles. The second kappa shape index (κ2) is 7.54. The van der Waals surface area contributed by atoms with Gasteiger partial charge in [-0.3, -0.25) is 0 Å². The first-order valence-corrected chi connectivity index (χ1v) is 9.79. The average Bonchev–Trinajstić information content (AvgIpc) is 2.82. The summed E-state index contributed by atoms with van der Waals surface area (Å²) in [5, 5.41) is 15.0. The van der Waals surface area contributed by atoms with E-state index in [9.17, 15) is 13.5 Å². The Hall–Kier alpha value is -0.430. The van der Waals surface area contributed by atoms with Crippen LogP contribution < -0.4 is 5.32 Å². The predicted molar refractivity (Wildman–Crippen MR) is 81.9 cm³/mol. The number of rotatable bonds is 6. The van der Waals surface area contributed by atoms with Gasteiger partial charge in [0, 0.05) is 12.6 Å². The van der Waals surface area contributed by atoms with Gasteiger partial charge in [0.25, 0.3) is 0 Å². The molecule has 0 bridgehead atoms. The first-order valence-electron chi connectivity index (χ1n) is 7.25. The molecule has 1 aliphatic rings. The molecular weight excluding hydrogens is 294 g/mol. The number of aliphatic hydroxyl groups excluding tert-OH is 1. The largest absolute Gasteiger partial charge is 0.391 e. The van der Waals surface area contributed by atoms with Crippen LogP contribution in [0.5, 0.6) is 0 Å². The molecule has 1 fully saturated rings. The van der Waals surface area contributed by atoms with Gasteiger partial charge in [-0.1, -0.05) is 31.7 Å². The topological polar surface area (TPSA) is 66.4 Å². The Morgan fingerprint density at radius 2 is 2.00 bits per heavy atom.